The van der Waals surface area contributed by atoms with E-state index in [0.29, 0.717) is 16.9 Å². The number of amides is 1. The molecule has 2 aromatic heterocycles. The first kappa shape index (κ1) is 21.4. The normalized spacial score (nSPS) is 11.8. The lowest BCUT2D eigenvalue weighted by Gasteiger charge is -2.19. The summed E-state index contributed by atoms with van der Waals surface area (Å²) in [5, 5.41) is 9.45. The lowest BCUT2D eigenvalue weighted by Crippen LogP contribution is -2.26. The number of benzene rings is 2. The molecule has 1 amide bonds. The summed E-state index contributed by atoms with van der Waals surface area (Å²) in [7, 11) is 1.94. The highest BCUT2D eigenvalue weighted by atomic mass is 19.4. The molecule has 166 valence electrons. The number of hydrogen-bond acceptors (Lipinski definition) is 4. The van der Waals surface area contributed by atoms with E-state index in [1.807, 2.05) is 11.9 Å². The fraction of sp³-hybridized carbons (Fsp3) is 0.227. The highest BCUT2D eigenvalue weighted by Crippen LogP contribution is 2.30. The van der Waals surface area contributed by atoms with Crippen LogP contribution in [-0.4, -0.2) is 39.2 Å². The van der Waals surface area contributed by atoms with Crippen molar-refractivity contribution >= 4 is 28.6 Å². The van der Waals surface area contributed by atoms with Gasteiger partial charge < -0.3 is 15.2 Å². The van der Waals surface area contributed by atoms with Crippen LogP contribution in [-0.2, 0) is 6.18 Å². The Balaban J connectivity index is 1.50. The first-order valence-corrected chi connectivity index (χ1v) is 9.89. The number of nitrogens with one attached hydrogen (secondary N) is 3. The van der Waals surface area contributed by atoms with E-state index < -0.39 is 17.6 Å². The Kier molecular flexibility index (Phi) is 5.37. The second-order valence-corrected chi connectivity index (χ2v) is 7.69. The van der Waals surface area contributed by atoms with Crippen LogP contribution in [0.25, 0.3) is 22.3 Å². The van der Waals surface area contributed by atoms with Crippen molar-refractivity contribution in [1.29, 1.82) is 0 Å². The molecule has 0 saturated carbocycles. The number of nitrogens with zero attached hydrogens (tertiary/aromatic N) is 3. The molecule has 3 N–H and O–H groups in total. The molecule has 0 saturated heterocycles. The van der Waals surface area contributed by atoms with Crippen LogP contribution >= 0.6 is 0 Å². The summed E-state index contributed by atoms with van der Waals surface area (Å²) in [6.07, 6.45) is -4.41. The zero-order valence-corrected chi connectivity index (χ0v) is 17.6. The van der Waals surface area contributed by atoms with Gasteiger partial charge in [0.25, 0.3) is 5.91 Å². The van der Waals surface area contributed by atoms with Crippen LogP contribution in [0, 0.1) is 0 Å². The molecule has 0 spiro atoms. The molecular weight excluding hydrogens is 421 g/mol. The lowest BCUT2D eigenvalue weighted by molar-refractivity contribution is -0.137. The summed E-state index contributed by atoms with van der Waals surface area (Å²) in [6, 6.07) is 11.7. The molecule has 4 rings (SSSR count). The number of aromatic amines is 2. The quantitative estimate of drug-likeness (QED) is 0.403. The SMILES string of the molecule is CC(C)N(C)c1nc2ccc(NC(=O)c3cc(-c4ccc(C(F)(F)F)cc4)n[nH]3)cc2[nH]1. The molecule has 0 aliphatic rings. The smallest absolute Gasteiger partial charge is 0.343 e. The van der Waals surface area contributed by atoms with Crippen LogP contribution in [0.2, 0.25) is 0 Å². The molecule has 0 bridgehead atoms. The topological polar surface area (TPSA) is 89.7 Å². The molecule has 0 radical (unpaired) electrons. The zero-order chi connectivity index (χ0) is 23.0. The van der Waals surface area contributed by atoms with Crippen LogP contribution in [0.4, 0.5) is 24.8 Å². The average molecular weight is 442 g/mol. The lowest BCUT2D eigenvalue weighted by atomic mass is 10.1. The Bertz CT molecular complexity index is 1260. The highest BCUT2D eigenvalue weighted by Gasteiger charge is 2.30. The van der Waals surface area contributed by atoms with Gasteiger partial charge in [0.15, 0.2) is 0 Å². The van der Waals surface area contributed by atoms with E-state index in [9.17, 15) is 18.0 Å². The van der Waals surface area contributed by atoms with Crippen LogP contribution < -0.4 is 10.2 Å². The van der Waals surface area contributed by atoms with E-state index in [1.165, 1.54) is 18.2 Å². The van der Waals surface area contributed by atoms with Crippen molar-refractivity contribution in [3.05, 3.63) is 59.8 Å². The minimum absolute atomic E-state index is 0.185. The Labute approximate surface area is 181 Å². The molecule has 2 heterocycles. The maximum Gasteiger partial charge on any atom is 0.416 e. The van der Waals surface area contributed by atoms with Crippen molar-refractivity contribution in [2.75, 3.05) is 17.3 Å². The molecular formula is C22H21F3N6O. The van der Waals surface area contributed by atoms with Gasteiger partial charge in [-0.15, -0.1) is 0 Å². The number of carbonyl (C=O) groups is 1. The fourth-order valence-electron chi connectivity index (χ4n) is 3.10. The maximum atomic E-state index is 12.7. The summed E-state index contributed by atoms with van der Waals surface area (Å²) in [5.41, 5.74) is 2.40. The molecule has 32 heavy (non-hydrogen) atoms. The number of aromatic nitrogens is 4. The fourth-order valence-corrected chi connectivity index (χ4v) is 3.10. The Hall–Kier alpha value is -3.82. The molecule has 2 aromatic carbocycles. The summed E-state index contributed by atoms with van der Waals surface area (Å²) in [5.74, 6) is 0.308. The van der Waals surface area contributed by atoms with Crippen molar-refractivity contribution in [3.63, 3.8) is 0 Å². The van der Waals surface area contributed by atoms with Gasteiger partial charge in [-0.1, -0.05) is 12.1 Å². The van der Waals surface area contributed by atoms with Crippen molar-refractivity contribution < 1.29 is 18.0 Å². The first-order chi connectivity index (χ1) is 15.1. The van der Waals surface area contributed by atoms with E-state index in [0.717, 1.165) is 29.1 Å². The molecule has 0 atom stereocenters. The van der Waals surface area contributed by atoms with E-state index in [4.69, 9.17) is 0 Å². The van der Waals surface area contributed by atoms with E-state index in [-0.39, 0.29) is 11.7 Å². The Morgan fingerprint density at radius 3 is 2.47 bits per heavy atom. The number of alkyl halides is 3. The number of H-pyrrole nitrogens is 2. The van der Waals surface area contributed by atoms with Gasteiger partial charge in [-0.05, 0) is 50.2 Å². The number of imidazole rings is 1. The minimum atomic E-state index is -4.41. The summed E-state index contributed by atoms with van der Waals surface area (Å²) < 4.78 is 38.2. The standard InChI is InChI=1S/C22H21F3N6O/c1-12(2)31(3)21-27-16-9-8-15(10-18(16)28-21)26-20(32)19-11-17(29-30-19)13-4-6-14(7-5-13)22(23,24)25/h4-12H,1-3H3,(H,26,32)(H,27,28)(H,29,30). The Morgan fingerprint density at radius 2 is 1.81 bits per heavy atom. The van der Waals surface area contributed by atoms with Gasteiger partial charge in [-0.3, -0.25) is 9.89 Å². The van der Waals surface area contributed by atoms with Crippen molar-refractivity contribution in [3.8, 4) is 11.3 Å². The zero-order valence-electron chi connectivity index (χ0n) is 17.6. The van der Waals surface area contributed by atoms with E-state index in [1.54, 1.807) is 18.2 Å². The number of halogens is 3. The van der Waals surface area contributed by atoms with Gasteiger partial charge in [-0.25, -0.2) is 4.98 Å². The number of carbonyl (C=O) groups excluding carboxylic acids is 1. The largest absolute Gasteiger partial charge is 0.416 e. The maximum absolute atomic E-state index is 12.7. The van der Waals surface area contributed by atoms with Crippen LogP contribution in [0.5, 0.6) is 0 Å². The second kappa shape index (κ2) is 8.03. The number of anilines is 2. The van der Waals surface area contributed by atoms with Gasteiger partial charge in [0.1, 0.15) is 5.69 Å². The van der Waals surface area contributed by atoms with E-state index >= 15 is 0 Å². The third kappa shape index (κ3) is 4.29. The van der Waals surface area contributed by atoms with Gasteiger partial charge in [0, 0.05) is 24.3 Å². The van der Waals surface area contributed by atoms with Crippen molar-refractivity contribution in [1.82, 2.24) is 20.2 Å². The molecule has 0 aliphatic heterocycles. The minimum Gasteiger partial charge on any atom is -0.343 e. The van der Waals surface area contributed by atoms with Crippen LogP contribution in [0.15, 0.2) is 48.5 Å². The highest BCUT2D eigenvalue weighted by molar-refractivity contribution is 6.04. The molecule has 0 unspecified atom stereocenters. The first-order valence-electron chi connectivity index (χ1n) is 9.89. The van der Waals surface area contributed by atoms with Gasteiger partial charge in [0.2, 0.25) is 5.95 Å². The third-order valence-corrected chi connectivity index (χ3v) is 5.17. The van der Waals surface area contributed by atoms with Crippen LogP contribution in [0.1, 0.15) is 29.9 Å². The van der Waals surface area contributed by atoms with Crippen LogP contribution in [0.3, 0.4) is 0 Å². The summed E-state index contributed by atoms with van der Waals surface area (Å²) >= 11 is 0. The predicted molar refractivity (Wildman–Crippen MR) is 117 cm³/mol. The predicted octanol–water partition coefficient (Wildman–Crippen LogP) is 5.07. The van der Waals surface area contributed by atoms with Gasteiger partial charge in [0.05, 0.1) is 22.3 Å². The van der Waals surface area contributed by atoms with E-state index in [2.05, 4.69) is 39.3 Å². The van der Waals surface area contributed by atoms with Crippen molar-refractivity contribution in [2.24, 2.45) is 0 Å². The number of fused-ring (bicyclic) bond motifs is 1. The summed E-state index contributed by atoms with van der Waals surface area (Å²) in [4.78, 5) is 22.4. The molecule has 7 nitrogen and oxygen atoms in total. The van der Waals surface area contributed by atoms with Gasteiger partial charge >= 0.3 is 6.18 Å². The average Bonchev–Trinajstić information content (AvgIpc) is 3.39. The third-order valence-electron chi connectivity index (χ3n) is 5.17. The number of hydrogen-bond donors (Lipinski definition) is 3. The second-order valence-electron chi connectivity index (χ2n) is 7.69. The number of rotatable bonds is 5. The molecule has 4 aromatic rings. The monoisotopic (exact) mass is 442 g/mol. The van der Waals surface area contributed by atoms with Crippen molar-refractivity contribution in [2.45, 2.75) is 26.1 Å². The Morgan fingerprint density at radius 1 is 1.09 bits per heavy atom. The molecule has 10 heteroatoms. The molecule has 0 fully saturated rings. The van der Waals surface area contributed by atoms with Gasteiger partial charge in [-0.2, -0.15) is 18.3 Å². The molecule has 0 aliphatic carbocycles. The summed E-state index contributed by atoms with van der Waals surface area (Å²) in [6.45, 7) is 4.12.